The molecule has 0 spiro atoms. The molecular formula is C9H16N4O2. The number of H-pyrrole nitrogens is 1. The number of nitrogens with zero attached hydrogens (tertiary/aromatic N) is 3. The topological polar surface area (TPSA) is 71.1 Å². The normalized spacial score (nSPS) is 10.3. The van der Waals surface area contributed by atoms with E-state index in [1.807, 2.05) is 13.8 Å². The minimum atomic E-state index is -0.0701. The lowest BCUT2D eigenvalue weighted by Crippen LogP contribution is -2.30. The summed E-state index contributed by atoms with van der Waals surface area (Å²) in [6, 6.07) is 0. The zero-order valence-electron chi connectivity index (χ0n) is 9.28. The second kappa shape index (κ2) is 5.45. The SMILES string of the molecule is CCOCC(=O)N(C)Cc1n[nH]c(C)n1. The van der Waals surface area contributed by atoms with Gasteiger partial charge in [0, 0.05) is 13.7 Å². The quantitative estimate of drug-likeness (QED) is 0.752. The summed E-state index contributed by atoms with van der Waals surface area (Å²) in [5.74, 6) is 1.29. The van der Waals surface area contributed by atoms with E-state index in [9.17, 15) is 4.79 Å². The maximum absolute atomic E-state index is 11.4. The lowest BCUT2D eigenvalue weighted by Gasteiger charge is -2.14. The molecule has 0 unspecified atom stereocenters. The number of hydrogen-bond acceptors (Lipinski definition) is 4. The summed E-state index contributed by atoms with van der Waals surface area (Å²) in [5.41, 5.74) is 0. The first-order valence-corrected chi connectivity index (χ1v) is 4.83. The predicted molar refractivity (Wildman–Crippen MR) is 54.1 cm³/mol. The van der Waals surface area contributed by atoms with Crippen LogP contribution in [0.15, 0.2) is 0 Å². The second-order valence-corrected chi connectivity index (χ2v) is 3.22. The molecule has 1 aromatic heterocycles. The van der Waals surface area contributed by atoms with Crippen LogP contribution in [0.5, 0.6) is 0 Å². The van der Waals surface area contributed by atoms with Crippen LogP contribution in [0.3, 0.4) is 0 Å². The van der Waals surface area contributed by atoms with Crippen molar-refractivity contribution in [3.05, 3.63) is 11.6 Å². The fraction of sp³-hybridized carbons (Fsp3) is 0.667. The zero-order chi connectivity index (χ0) is 11.3. The molecule has 84 valence electrons. The average Bonchev–Trinajstić information content (AvgIpc) is 2.60. The highest BCUT2D eigenvalue weighted by Crippen LogP contribution is 1.97. The Morgan fingerprint density at radius 2 is 2.33 bits per heavy atom. The summed E-state index contributed by atoms with van der Waals surface area (Å²) in [7, 11) is 1.70. The molecule has 1 rings (SSSR count). The highest BCUT2D eigenvalue weighted by molar-refractivity contribution is 5.77. The van der Waals surface area contributed by atoms with Gasteiger partial charge < -0.3 is 9.64 Å². The molecule has 0 radical (unpaired) electrons. The molecule has 0 aliphatic heterocycles. The van der Waals surface area contributed by atoms with Crippen molar-refractivity contribution in [2.75, 3.05) is 20.3 Å². The molecule has 0 aromatic carbocycles. The Hall–Kier alpha value is -1.43. The van der Waals surface area contributed by atoms with Crippen LogP contribution in [0.1, 0.15) is 18.6 Å². The highest BCUT2D eigenvalue weighted by Gasteiger charge is 2.11. The van der Waals surface area contributed by atoms with Gasteiger partial charge in [0.05, 0.1) is 6.54 Å². The Balaban J connectivity index is 2.41. The third-order valence-corrected chi connectivity index (χ3v) is 1.88. The van der Waals surface area contributed by atoms with E-state index in [1.54, 1.807) is 7.05 Å². The molecular weight excluding hydrogens is 196 g/mol. The first-order valence-electron chi connectivity index (χ1n) is 4.83. The van der Waals surface area contributed by atoms with Crippen LogP contribution in [0.4, 0.5) is 0 Å². The third-order valence-electron chi connectivity index (χ3n) is 1.88. The summed E-state index contributed by atoms with van der Waals surface area (Å²) in [4.78, 5) is 17.1. The number of carbonyl (C=O) groups is 1. The van der Waals surface area contributed by atoms with Gasteiger partial charge in [0.25, 0.3) is 0 Å². The van der Waals surface area contributed by atoms with Crippen LogP contribution >= 0.6 is 0 Å². The lowest BCUT2D eigenvalue weighted by atomic mass is 10.5. The summed E-state index contributed by atoms with van der Waals surface area (Å²) in [6.07, 6.45) is 0. The van der Waals surface area contributed by atoms with Gasteiger partial charge in [-0.1, -0.05) is 0 Å². The fourth-order valence-corrected chi connectivity index (χ4v) is 1.06. The van der Waals surface area contributed by atoms with Gasteiger partial charge in [-0.3, -0.25) is 9.89 Å². The van der Waals surface area contributed by atoms with Crippen LogP contribution in [-0.2, 0) is 16.1 Å². The van der Waals surface area contributed by atoms with Crippen molar-refractivity contribution in [3.8, 4) is 0 Å². The lowest BCUT2D eigenvalue weighted by molar-refractivity contribution is -0.135. The van der Waals surface area contributed by atoms with Gasteiger partial charge in [-0.05, 0) is 13.8 Å². The number of likely N-dealkylation sites (N-methyl/N-ethyl adjacent to an activating group) is 1. The molecule has 0 saturated carbocycles. The largest absolute Gasteiger partial charge is 0.372 e. The Morgan fingerprint density at radius 3 is 2.87 bits per heavy atom. The number of hydrogen-bond donors (Lipinski definition) is 1. The van der Waals surface area contributed by atoms with Gasteiger partial charge >= 0.3 is 0 Å². The van der Waals surface area contributed by atoms with Gasteiger partial charge in [0.2, 0.25) is 5.91 Å². The average molecular weight is 212 g/mol. The maximum Gasteiger partial charge on any atom is 0.248 e. The van der Waals surface area contributed by atoms with E-state index in [-0.39, 0.29) is 12.5 Å². The number of ether oxygens (including phenoxy) is 1. The Kier molecular flexibility index (Phi) is 4.23. The Morgan fingerprint density at radius 1 is 1.60 bits per heavy atom. The van der Waals surface area contributed by atoms with Crippen molar-refractivity contribution in [2.24, 2.45) is 0 Å². The monoisotopic (exact) mass is 212 g/mol. The van der Waals surface area contributed by atoms with Crippen molar-refractivity contribution >= 4 is 5.91 Å². The molecule has 15 heavy (non-hydrogen) atoms. The molecule has 6 heteroatoms. The minimum Gasteiger partial charge on any atom is -0.372 e. The van der Waals surface area contributed by atoms with E-state index in [1.165, 1.54) is 4.90 Å². The molecule has 6 nitrogen and oxygen atoms in total. The first kappa shape index (κ1) is 11.6. The van der Waals surface area contributed by atoms with Crippen LogP contribution in [0, 0.1) is 6.92 Å². The van der Waals surface area contributed by atoms with Crippen molar-refractivity contribution < 1.29 is 9.53 Å². The minimum absolute atomic E-state index is 0.0701. The molecule has 1 heterocycles. The molecule has 0 aliphatic carbocycles. The molecule has 1 aromatic rings. The number of amides is 1. The van der Waals surface area contributed by atoms with Gasteiger partial charge in [-0.25, -0.2) is 4.98 Å². The number of aromatic nitrogens is 3. The van der Waals surface area contributed by atoms with Gasteiger partial charge in [0.1, 0.15) is 12.4 Å². The third kappa shape index (κ3) is 3.67. The summed E-state index contributed by atoms with van der Waals surface area (Å²) in [6.45, 7) is 4.72. The van der Waals surface area contributed by atoms with Crippen molar-refractivity contribution in [1.29, 1.82) is 0 Å². The predicted octanol–water partition coefficient (Wildman–Crippen LogP) is 0.108. The van der Waals surface area contributed by atoms with Crippen molar-refractivity contribution in [1.82, 2.24) is 20.1 Å². The summed E-state index contributed by atoms with van der Waals surface area (Å²) < 4.78 is 5.02. The van der Waals surface area contributed by atoms with E-state index < -0.39 is 0 Å². The smallest absolute Gasteiger partial charge is 0.248 e. The van der Waals surface area contributed by atoms with Gasteiger partial charge in [-0.15, -0.1) is 0 Å². The molecule has 0 bridgehead atoms. The van der Waals surface area contributed by atoms with Gasteiger partial charge in [-0.2, -0.15) is 5.10 Å². The van der Waals surface area contributed by atoms with E-state index in [2.05, 4.69) is 15.2 Å². The number of carbonyl (C=O) groups excluding carboxylic acids is 1. The molecule has 0 atom stereocenters. The zero-order valence-corrected chi connectivity index (χ0v) is 9.28. The van der Waals surface area contributed by atoms with E-state index >= 15 is 0 Å². The standard InChI is InChI=1S/C9H16N4O2/c1-4-15-6-9(14)13(3)5-8-10-7(2)11-12-8/h4-6H2,1-3H3,(H,10,11,12). The number of rotatable bonds is 5. The van der Waals surface area contributed by atoms with E-state index in [0.717, 1.165) is 5.82 Å². The number of aromatic amines is 1. The van der Waals surface area contributed by atoms with Crippen LogP contribution in [-0.4, -0.2) is 46.2 Å². The first-order chi connectivity index (χ1) is 7.13. The highest BCUT2D eigenvalue weighted by atomic mass is 16.5. The van der Waals surface area contributed by atoms with Crippen molar-refractivity contribution in [2.45, 2.75) is 20.4 Å². The molecule has 1 amide bonds. The van der Waals surface area contributed by atoms with Crippen LogP contribution in [0.2, 0.25) is 0 Å². The number of nitrogens with one attached hydrogen (secondary N) is 1. The van der Waals surface area contributed by atoms with Crippen LogP contribution in [0.25, 0.3) is 0 Å². The summed E-state index contributed by atoms with van der Waals surface area (Å²) >= 11 is 0. The second-order valence-electron chi connectivity index (χ2n) is 3.22. The molecule has 0 fully saturated rings. The summed E-state index contributed by atoms with van der Waals surface area (Å²) in [5, 5.41) is 6.67. The molecule has 0 aliphatic rings. The van der Waals surface area contributed by atoms with Crippen LogP contribution < -0.4 is 0 Å². The fourth-order valence-electron chi connectivity index (χ4n) is 1.06. The maximum atomic E-state index is 11.4. The van der Waals surface area contributed by atoms with E-state index in [0.29, 0.717) is 19.0 Å². The van der Waals surface area contributed by atoms with Crippen molar-refractivity contribution in [3.63, 3.8) is 0 Å². The molecule has 0 saturated heterocycles. The Labute approximate surface area is 88.6 Å². The molecule has 1 N–H and O–H groups in total. The van der Waals surface area contributed by atoms with Gasteiger partial charge in [0.15, 0.2) is 5.82 Å². The number of aryl methyl sites for hydroxylation is 1. The van der Waals surface area contributed by atoms with E-state index in [4.69, 9.17) is 4.74 Å². The Bertz CT molecular complexity index is 324.